The van der Waals surface area contributed by atoms with Crippen LogP contribution in [-0.4, -0.2) is 7.11 Å². The largest absolute Gasteiger partial charge is 0.496 e. The number of nitrogens with two attached hydrogens (primary N) is 1. The quantitative estimate of drug-likeness (QED) is 0.844. The molecule has 0 aliphatic rings. The van der Waals surface area contributed by atoms with Crippen LogP contribution in [0.4, 0.5) is 0 Å². The molecule has 0 aliphatic heterocycles. The van der Waals surface area contributed by atoms with Gasteiger partial charge in [-0.2, -0.15) is 0 Å². The van der Waals surface area contributed by atoms with Crippen LogP contribution < -0.4 is 15.2 Å². The van der Waals surface area contributed by atoms with Gasteiger partial charge in [0.2, 0.25) is 0 Å². The summed E-state index contributed by atoms with van der Waals surface area (Å²) < 4.78 is 11.2. The number of methoxy groups -OCH3 is 1. The first-order valence-electron chi connectivity index (χ1n) is 7.34. The Labute approximate surface area is 126 Å². The fourth-order valence-electron chi connectivity index (χ4n) is 2.27. The molecular weight excluding hydrogens is 262 g/mol. The van der Waals surface area contributed by atoms with Gasteiger partial charge in [0.25, 0.3) is 0 Å². The number of benzene rings is 2. The molecule has 0 fully saturated rings. The van der Waals surface area contributed by atoms with Crippen LogP contribution in [0.5, 0.6) is 11.5 Å². The first-order chi connectivity index (χ1) is 10.3. The lowest BCUT2D eigenvalue weighted by Crippen LogP contribution is -2.02. The molecule has 2 N–H and O–H groups in total. The lowest BCUT2D eigenvalue weighted by molar-refractivity contribution is 0.296. The van der Waals surface area contributed by atoms with E-state index in [1.54, 1.807) is 7.11 Å². The fraction of sp³-hybridized carbons (Fsp3) is 0.333. The van der Waals surface area contributed by atoms with Crippen LogP contribution in [0.15, 0.2) is 42.5 Å². The molecule has 0 atom stereocenters. The highest BCUT2D eigenvalue weighted by Gasteiger charge is 2.05. The summed E-state index contributed by atoms with van der Waals surface area (Å²) in [4.78, 5) is 0. The first kappa shape index (κ1) is 15.4. The summed E-state index contributed by atoms with van der Waals surface area (Å²) in [7, 11) is 1.67. The summed E-state index contributed by atoms with van der Waals surface area (Å²) in [5.41, 5.74) is 9.11. The van der Waals surface area contributed by atoms with E-state index in [1.807, 2.05) is 30.3 Å². The van der Waals surface area contributed by atoms with E-state index in [-0.39, 0.29) is 0 Å². The Balaban J connectivity index is 2.04. The van der Waals surface area contributed by atoms with E-state index in [0.717, 1.165) is 35.5 Å². The van der Waals surface area contributed by atoms with Crippen molar-refractivity contribution >= 4 is 0 Å². The Kier molecular flexibility index (Phi) is 5.64. The summed E-state index contributed by atoms with van der Waals surface area (Å²) in [5, 5.41) is 0. The highest BCUT2D eigenvalue weighted by Crippen LogP contribution is 2.22. The van der Waals surface area contributed by atoms with Crippen molar-refractivity contribution in [1.82, 2.24) is 0 Å². The van der Waals surface area contributed by atoms with Crippen LogP contribution >= 0.6 is 0 Å². The minimum Gasteiger partial charge on any atom is -0.496 e. The fourth-order valence-corrected chi connectivity index (χ4v) is 2.27. The maximum absolute atomic E-state index is 5.85. The Bertz CT molecular complexity index is 564. The highest BCUT2D eigenvalue weighted by atomic mass is 16.5. The third-order valence-electron chi connectivity index (χ3n) is 3.44. The van der Waals surface area contributed by atoms with Crippen molar-refractivity contribution in [3.63, 3.8) is 0 Å². The Morgan fingerprint density at radius 3 is 2.33 bits per heavy atom. The van der Waals surface area contributed by atoms with Crippen LogP contribution in [0, 0.1) is 0 Å². The molecule has 0 unspecified atom stereocenters. The van der Waals surface area contributed by atoms with Crippen molar-refractivity contribution in [2.45, 2.75) is 32.9 Å². The van der Waals surface area contributed by atoms with Gasteiger partial charge in [0.15, 0.2) is 0 Å². The van der Waals surface area contributed by atoms with Crippen molar-refractivity contribution in [2.24, 2.45) is 5.73 Å². The van der Waals surface area contributed by atoms with Crippen LogP contribution in [0.3, 0.4) is 0 Å². The first-order valence-corrected chi connectivity index (χ1v) is 7.34. The SMILES string of the molecule is CCCc1ccc(OCc2cc(CN)ccc2OC)cc1. The molecule has 0 saturated carbocycles. The zero-order chi connectivity index (χ0) is 15.1. The van der Waals surface area contributed by atoms with Crippen LogP contribution in [0.2, 0.25) is 0 Å². The topological polar surface area (TPSA) is 44.5 Å². The second kappa shape index (κ2) is 7.70. The van der Waals surface area contributed by atoms with Crippen LogP contribution in [0.25, 0.3) is 0 Å². The van der Waals surface area contributed by atoms with Crippen LogP contribution in [-0.2, 0) is 19.6 Å². The molecule has 2 aromatic carbocycles. The molecule has 0 amide bonds. The molecule has 0 spiro atoms. The van der Waals surface area contributed by atoms with Crippen molar-refractivity contribution in [3.8, 4) is 11.5 Å². The van der Waals surface area contributed by atoms with Crippen molar-refractivity contribution < 1.29 is 9.47 Å². The van der Waals surface area contributed by atoms with E-state index in [1.165, 1.54) is 5.56 Å². The lowest BCUT2D eigenvalue weighted by Gasteiger charge is -2.12. The van der Waals surface area contributed by atoms with Gasteiger partial charge in [-0.15, -0.1) is 0 Å². The number of rotatable bonds is 7. The van der Waals surface area contributed by atoms with E-state index in [2.05, 4.69) is 19.1 Å². The molecule has 0 radical (unpaired) electrons. The minimum atomic E-state index is 0.476. The monoisotopic (exact) mass is 285 g/mol. The van der Waals surface area contributed by atoms with E-state index in [4.69, 9.17) is 15.2 Å². The third kappa shape index (κ3) is 4.23. The molecule has 0 bridgehead atoms. The molecule has 0 aromatic heterocycles. The summed E-state index contributed by atoms with van der Waals surface area (Å²) in [6, 6.07) is 14.2. The predicted molar refractivity (Wildman–Crippen MR) is 85.7 cm³/mol. The maximum Gasteiger partial charge on any atom is 0.125 e. The van der Waals surface area contributed by atoms with Gasteiger partial charge in [0.05, 0.1) is 7.11 Å². The van der Waals surface area contributed by atoms with E-state index < -0.39 is 0 Å². The van der Waals surface area contributed by atoms with Gasteiger partial charge in [0, 0.05) is 12.1 Å². The molecule has 2 aromatic rings. The Morgan fingerprint density at radius 2 is 1.71 bits per heavy atom. The molecule has 0 aliphatic carbocycles. The summed E-state index contributed by atoms with van der Waals surface area (Å²) in [6.07, 6.45) is 2.26. The predicted octanol–water partition coefficient (Wildman–Crippen LogP) is 3.69. The summed E-state index contributed by atoms with van der Waals surface area (Å²) >= 11 is 0. The molecule has 21 heavy (non-hydrogen) atoms. The van der Waals surface area contributed by atoms with Gasteiger partial charge in [-0.1, -0.05) is 31.5 Å². The van der Waals surface area contributed by atoms with Gasteiger partial charge in [-0.05, 0) is 41.8 Å². The third-order valence-corrected chi connectivity index (χ3v) is 3.44. The number of hydrogen-bond acceptors (Lipinski definition) is 3. The average Bonchev–Trinajstić information content (AvgIpc) is 2.54. The standard InChI is InChI=1S/C18H23NO2/c1-3-4-14-5-8-17(9-6-14)21-13-16-11-15(12-19)7-10-18(16)20-2/h5-11H,3-4,12-13,19H2,1-2H3. The van der Waals surface area contributed by atoms with E-state index >= 15 is 0 Å². The number of aryl methyl sites for hydroxylation is 1. The van der Waals surface area contributed by atoms with Crippen molar-refractivity contribution in [1.29, 1.82) is 0 Å². The smallest absolute Gasteiger partial charge is 0.125 e. The second-order valence-corrected chi connectivity index (χ2v) is 5.03. The van der Waals surface area contributed by atoms with Gasteiger partial charge < -0.3 is 15.2 Å². The van der Waals surface area contributed by atoms with Gasteiger partial charge >= 0.3 is 0 Å². The van der Waals surface area contributed by atoms with Gasteiger partial charge in [-0.25, -0.2) is 0 Å². The summed E-state index contributed by atoms with van der Waals surface area (Å²) in [6.45, 7) is 3.17. The van der Waals surface area contributed by atoms with Crippen molar-refractivity contribution in [3.05, 3.63) is 59.2 Å². The molecule has 0 heterocycles. The molecule has 3 heteroatoms. The summed E-state index contributed by atoms with van der Waals surface area (Å²) in [5.74, 6) is 1.70. The number of hydrogen-bond donors (Lipinski definition) is 1. The van der Waals surface area contributed by atoms with Gasteiger partial charge in [-0.3, -0.25) is 0 Å². The van der Waals surface area contributed by atoms with E-state index in [9.17, 15) is 0 Å². The van der Waals surface area contributed by atoms with Crippen molar-refractivity contribution in [2.75, 3.05) is 7.11 Å². The maximum atomic E-state index is 5.85. The minimum absolute atomic E-state index is 0.476. The Hall–Kier alpha value is -2.00. The second-order valence-electron chi connectivity index (χ2n) is 5.03. The number of ether oxygens (including phenoxy) is 2. The molecule has 112 valence electrons. The average molecular weight is 285 g/mol. The lowest BCUT2D eigenvalue weighted by atomic mass is 10.1. The zero-order valence-corrected chi connectivity index (χ0v) is 12.8. The molecular formula is C18H23NO2. The Morgan fingerprint density at radius 1 is 1.00 bits per heavy atom. The normalized spacial score (nSPS) is 10.4. The molecule has 2 rings (SSSR count). The molecule has 0 saturated heterocycles. The van der Waals surface area contributed by atoms with Crippen LogP contribution in [0.1, 0.15) is 30.0 Å². The van der Waals surface area contributed by atoms with Gasteiger partial charge in [0.1, 0.15) is 18.1 Å². The molecule has 3 nitrogen and oxygen atoms in total. The zero-order valence-electron chi connectivity index (χ0n) is 12.8. The highest BCUT2D eigenvalue weighted by molar-refractivity contribution is 5.37. The van der Waals surface area contributed by atoms with E-state index in [0.29, 0.717) is 13.2 Å².